The minimum atomic E-state index is -3.69. The fourth-order valence-electron chi connectivity index (χ4n) is 2.18. The van der Waals surface area contributed by atoms with E-state index >= 15 is 0 Å². The molecular weight excluding hydrogens is 268 g/mol. The fraction of sp³-hybridized carbons (Fsp3) is 0.750. The number of piperidine rings is 1. The molecule has 0 saturated carbocycles. The van der Waals surface area contributed by atoms with E-state index in [2.05, 4.69) is 6.58 Å². The van der Waals surface area contributed by atoms with Crippen LogP contribution in [0.15, 0.2) is 12.7 Å². The van der Waals surface area contributed by atoms with Crippen molar-refractivity contribution in [1.29, 1.82) is 0 Å². The van der Waals surface area contributed by atoms with Gasteiger partial charge in [0.15, 0.2) is 0 Å². The minimum Gasteiger partial charge on any atom is -0.480 e. The van der Waals surface area contributed by atoms with Crippen LogP contribution in [-0.4, -0.2) is 54.3 Å². The Kier molecular flexibility index (Phi) is 5.96. The van der Waals surface area contributed by atoms with Crippen LogP contribution in [-0.2, 0) is 15.0 Å². The zero-order valence-electron chi connectivity index (χ0n) is 11.3. The van der Waals surface area contributed by atoms with Crippen molar-refractivity contribution in [2.24, 2.45) is 0 Å². The standard InChI is InChI=1S/C12H22N2O4S/c1-3-4-6-9-13(2)19(17,18)14-10-7-5-8-11(14)12(15)16/h3,11H,1,4-10H2,2H3,(H,15,16). The Hall–Kier alpha value is -0.920. The Balaban J connectivity index is 2.78. The molecule has 0 aromatic carbocycles. The Morgan fingerprint density at radius 2 is 2.21 bits per heavy atom. The quantitative estimate of drug-likeness (QED) is 0.562. The molecular formula is C12H22N2O4S. The summed E-state index contributed by atoms with van der Waals surface area (Å²) in [6.07, 6.45) is 5.01. The topological polar surface area (TPSA) is 77.9 Å². The number of carbonyl (C=O) groups is 1. The van der Waals surface area contributed by atoms with Crippen molar-refractivity contribution in [2.75, 3.05) is 20.1 Å². The predicted molar refractivity (Wildman–Crippen MR) is 73.0 cm³/mol. The molecule has 1 rings (SSSR count). The summed E-state index contributed by atoms with van der Waals surface area (Å²) in [4.78, 5) is 11.2. The second-order valence-electron chi connectivity index (χ2n) is 4.72. The minimum absolute atomic E-state index is 0.283. The molecule has 6 nitrogen and oxygen atoms in total. The molecule has 0 radical (unpaired) electrons. The number of carboxylic acids is 1. The monoisotopic (exact) mass is 290 g/mol. The average molecular weight is 290 g/mol. The van der Waals surface area contributed by atoms with Crippen molar-refractivity contribution in [3.05, 3.63) is 12.7 Å². The molecule has 1 fully saturated rings. The lowest BCUT2D eigenvalue weighted by molar-refractivity contribution is -0.142. The third-order valence-corrected chi connectivity index (χ3v) is 5.31. The van der Waals surface area contributed by atoms with Gasteiger partial charge in [-0.3, -0.25) is 4.79 Å². The molecule has 1 unspecified atom stereocenters. The first-order chi connectivity index (χ1) is 8.91. The van der Waals surface area contributed by atoms with Gasteiger partial charge in [0.2, 0.25) is 0 Å². The Labute approximate surface area is 114 Å². The SMILES string of the molecule is C=CCCCN(C)S(=O)(=O)N1CCCCC1C(=O)O. The van der Waals surface area contributed by atoms with Gasteiger partial charge in [0.1, 0.15) is 6.04 Å². The molecule has 0 spiro atoms. The Morgan fingerprint density at radius 1 is 1.53 bits per heavy atom. The second-order valence-corrected chi connectivity index (χ2v) is 6.71. The zero-order chi connectivity index (χ0) is 14.5. The molecule has 110 valence electrons. The highest BCUT2D eigenvalue weighted by Gasteiger charge is 2.38. The van der Waals surface area contributed by atoms with Crippen molar-refractivity contribution in [2.45, 2.75) is 38.1 Å². The van der Waals surface area contributed by atoms with E-state index in [-0.39, 0.29) is 6.54 Å². The number of hydrogen-bond donors (Lipinski definition) is 1. The smallest absolute Gasteiger partial charge is 0.322 e. The van der Waals surface area contributed by atoms with Gasteiger partial charge in [-0.2, -0.15) is 17.0 Å². The normalized spacial score (nSPS) is 21.5. The van der Waals surface area contributed by atoms with Crippen LogP contribution >= 0.6 is 0 Å². The molecule has 1 aliphatic heterocycles. The summed E-state index contributed by atoms with van der Waals surface area (Å²) in [5, 5.41) is 9.13. The number of nitrogens with zero attached hydrogens (tertiary/aromatic N) is 2. The average Bonchev–Trinajstić information content (AvgIpc) is 2.38. The van der Waals surface area contributed by atoms with Crippen molar-refractivity contribution >= 4 is 16.2 Å². The predicted octanol–water partition coefficient (Wildman–Crippen LogP) is 1.07. The van der Waals surface area contributed by atoms with Crippen molar-refractivity contribution in [3.8, 4) is 0 Å². The number of rotatable bonds is 7. The van der Waals surface area contributed by atoms with E-state index in [4.69, 9.17) is 5.11 Å². The number of hydrogen-bond acceptors (Lipinski definition) is 3. The first kappa shape index (κ1) is 16.1. The molecule has 0 amide bonds. The lowest BCUT2D eigenvalue weighted by Gasteiger charge is -2.34. The van der Waals surface area contributed by atoms with Crippen LogP contribution in [0.2, 0.25) is 0 Å². The lowest BCUT2D eigenvalue weighted by atomic mass is 10.1. The van der Waals surface area contributed by atoms with Crippen LogP contribution in [0.4, 0.5) is 0 Å². The Bertz CT molecular complexity index is 421. The molecule has 0 aromatic heterocycles. The summed E-state index contributed by atoms with van der Waals surface area (Å²) >= 11 is 0. The second kappa shape index (κ2) is 7.02. The third kappa shape index (κ3) is 4.02. The van der Waals surface area contributed by atoms with Gasteiger partial charge >= 0.3 is 5.97 Å². The summed E-state index contributed by atoms with van der Waals surface area (Å²) in [6.45, 7) is 4.24. The van der Waals surface area contributed by atoms with E-state index in [0.717, 1.165) is 17.1 Å². The van der Waals surface area contributed by atoms with Gasteiger partial charge in [-0.1, -0.05) is 6.08 Å². The fourth-order valence-corrected chi connectivity index (χ4v) is 3.78. The Morgan fingerprint density at radius 3 is 2.79 bits per heavy atom. The largest absolute Gasteiger partial charge is 0.480 e. The zero-order valence-corrected chi connectivity index (χ0v) is 12.1. The van der Waals surface area contributed by atoms with E-state index < -0.39 is 22.2 Å². The molecule has 0 aliphatic carbocycles. The molecule has 1 heterocycles. The highest BCUT2D eigenvalue weighted by molar-refractivity contribution is 7.86. The molecule has 19 heavy (non-hydrogen) atoms. The van der Waals surface area contributed by atoms with Crippen molar-refractivity contribution in [1.82, 2.24) is 8.61 Å². The molecule has 0 aromatic rings. The van der Waals surface area contributed by atoms with Gasteiger partial charge in [-0.05, 0) is 32.1 Å². The van der Waals surface area contributed by atoms with Gasteiger partial charge < -0.3 is 5.11 Å². The maximum Gasteiger partial charge on any atom is 0.322 e. The van der Waals surface area contributed by atoms with E-state index in [1.807, 2.05) is 0 Å². The van der Waals surface area contributed by atoms with Crippen LogP contribution in [0.25, 0.3) is 0 Å². The maximum absolute atomic E-state index is 12.4. The molecule has 7 heteroatoms. The maximum atomic E-state index is 12.4. The number of aliphatic carboxylic acids is 1. The third-order valence-electron chi connectivity index (χ3n) is 3.31. The van der Waals surface area contributed by atoms with E-state index in [9.17, 15) is 13.2 Å². The summed E-state index contributed by atoms with van der Waals surface area (Å²) in [5.41, 5.74) is 0. The van der Waals surface area contributed by atoms with Crippen molar-refractivity contribution < 1.29 is 18.3 Å². The molecule has 1 N–H and O–H groups in total. The van der Waals surface area contributed by atoms with Crippen LogP contribution in [0.5, 0.6) is 0 Å². The molecule has 1 saturated heterocycles. The van der Waals surface area contributed by atoms with Gasteiger partial charge in [0.05, 0.1) is 0 Å². The summed E-state index contributed by atoms with van der Waals surface area (Å²) in [6, 6.07) is -0.930. The highest BCUT2D eigenvalue weighted by Crippen LogP contribution is 2.22. The van der Waals surface area contributed by atoms with E-state index in [1.54, 1.807) is 6.08 Å². The number of allylic oxidation sites excluding steroid dienone is 1. The van der Waals surface area contributed by atoms with Crippen molar-refractivity contribution in [3.63, 3.8) is 0 Å². The first-order valence-electron chi connectivity index (χ1n) is 6.48. The van der Waals surface area contributed by atoms with Gasteiger partial charge in [0.25, 0.3) is 10.2 Å². The van der Waals surface area contributed by atoms with Gasteiger partial charge in [0, 0.05) is 20.1 Å². The summed E-state index contributed by atoms with van der Waals surface area (Å²) in [7, 11) is -2.19. The van der Waals surface area contributed by atoms with Crippen LogP contribution in [0.3, 0.4) is 0 Å². The summed E-state index contributed by atoms with van der Waals surface area (Å²) in [5.74, 6) is -1.07. The highest BCUT2D eigenvalue weighted by atomic mass is 32.2. The molecule has 1 atom stereocenters. The van der Waals surface area contributed by atoms with Gasteiger partial charge in [-0.15, -0.1) is 6.58 Å². The van der Waals surface area contributed by atoms with E-state index in [0.29, 0.717) is 25.8 Å². The molecule has 1 aliphatic rings. The molecule has 0 bridgehead atoms. The van der Waals surface area contributed by atoms with Gasteiger partial charge in [-0.25, -0.2) is 0 Å². The first-order valence-corrected chi connectivity index (χ1v) is 7.87. The van der Waals surface area contributed by atoms with Crippen LogP contribution in [0, 0.1) is 0 Å². The number of carboxylic acid groups (broad SMARTS) is 1. The van der Waals surface area contributed by atoms with E-state index in [1.165, 1.54) is 11.4 Å². The van der Waals surface area contributed by atoms with Crippen LogP contribution in [0.1, 0.15) is 32.1 Å². The van der Waals surface area contributed by atoms with Crippen LogP contribution < -0.4 is 0 Å². The number of unbranched alkanes of at least 4 members (excludes halogenated alkanes) is 1. The lowest BCUT2D eigenvalue weighted by Crippen LogP contribution is -2.52. The summed E-state index contributed by atoms with van der Waals surface area (Å²) < 4.78 is 27.1.